The fourth-order valence-electron chi connectivity index (χ4n) is 4.52. The number of fused-ring (bicyclic) bond motifs is 3. The Morgan fingerprint density at radius 1 is 0.977 bits per heavy atom. The summed E-state index contributed by atoms with van der Waals surface area (Å²) in [6.07, 6.45) is 2.31. The van der Waals surface area contributed by atoms with E-state index in [-0.39, 0.29) is 29.6 Å². The average Bonchev–Trinajstić information content (AvgIpc) is 3.00. The van der Waals surface area contributed by atoms with Gasteiger partial charge < -0.3 is 28.8 Å². The number of rotatable bonds is 6. The number of carbonyl (C=O) groups excluding carboxylic acids is 1. The van der Waals surface area contributed by atoms with Crippen LogP contribution in [0.1, 0.15) is 10.4 Å². The SMILES string of the molecule is COc1cc2ncnc(Oc3ccc(NC(=O)c4cn(C)c(=O)n(-c5ccc(F)cc5)c4=O)cc3F)c2c2c1OCCO2. The van der Waals surface area contributed by atoms with Crippen LogP contribution in [0.5, 0.6) is 28.9 Å². The molecule has 0 spiro atoms. The lowest BCUT2D eigenvalue weighted by Crippen LogP contribution is -2.41. The Labute approximate surface area is 240 Å². The third kappa shape index (κ3) is 4.98. The molecule has 0 bridgehead atoms. The Balaban J connectivity index is 1.29. The Morgan fingerprint density at radius 2 is 1.72 bits per heavy atom. The van der Waals surface area contributed by atoms with Gasteiger partial charge in [-0.3, -0.25) is 9.59 Å². The maximum absolute atomic E-state index is 15.2. The Kier molecular flexibility index (Phi) is 6.93. The van der Waals surface area contributed by atoms with Crippen molar-refractivity contribution in [3.63, 3.8) is 0 Å². The van der Waals surface area contributed by atoms with E-state index in [2.05, 4.69) is 15.3 Å². The van der Waals surface area contributed by atoms with Gasteiger partial charge in [0, 0.05) is 31.1 Å². The van der Waals surface area contributed by atoms with Gasteiger partial charge in [0.1, 0.15) is 36.3 Å². The zero-order valence-electron chi connectivity index (χ0n) is 22.6. The monoisotopic (exact) mass is 589 g/mol. The zero-order valence-corrected chi connectivity index (χ0v) is 22.6. The lowest BCUT2D eigenvalue weighted by molar-refractivity contribution is 0.102. The molecule has 0 saturated heterocycles. The van der Waals surface area contributed by atoms with Crippen molar-refractivity contribution in [3.8, 4) is 34.6 Å². The summed E-state index contributed by atoms with van der Waals surface area (Å²) in [5.74, 6) is -1.50. The van der Waals surface area contributed by atoms with E-state index in [1.54, 1.807) is 6.07 Å². The number of benzene rings is 3. The van der Waals surface area contributed by atoms with Gasteiger partial charge in [-0.25, -0.2) is 28.1 Å². The number of halogens is 2. The molecule has 5 aromatic rings. The number of aryl methyl sites for hydroxylation is 1. The second-order valence-corrected chi connectivity index (χ2v) is 9.26. The lowest BCUT2D eigenvalue weighted by atomic mass is 10.1. The molecule has 1 N–H and O–H groups in total. The minimum Gasteiger partial charge on any atom is -0.493 e. The number of hydrogen-bond donors (Lipinski definition) is 1. The van der Waals surface area contributed by atoms with Crippen LogP contribution in [0.2, 0.25) is 0 Å². The molecule has 0 unspecified atom stereocenters. The van der Waals surface area contributed by atoms with Crippen LogP contribution in [-0.2, 0) is 7.05 Å². The summed E-state index contributed by atoms with van der Waals surface area (Å²) in [5.41, 5.74) is -1.59. The maximum Gasteiger partial charge on any atom is 0.335 e. The van der Waals surface area contributed by atoms with E-state index in [4.69, 9.17) is 18.9 Å². The molecule has 0 aliphatic carbocycles. The topological polar surface area (TPSA) is 136 Å². The summed E-state index contributed by atoms with van der Waals surface area (Å²) in [7, 11) is 2.83. The molecule has 1 aliphatic rings. The standard InChI is InChI=1S/C29H21F2N5O7/c1-35-13-18(28(38)36(29(35)39)17-6-3-15(30)4-7-17)26(37)34-16-5-8-21(19(31)11-16)43-27-23-20(32-14-33-27)12-22(40-2)24-25(23)42-10-9-41-24/h3-8,11-14H,9-10H2,1-2H3,(H,34,37). The number of anilines is 1. The quantitative estimate of drug-likeness (QED) is 0.315. The van der Waals surface area contributed by atoms with Gasteiger partial charge in [0.2, 0.25) is 11.6 Å². The molecule has 218 valence electrons. The van der Waals surface area contributed by atoms with E-state index in [9.17, 15) is 18.8 Å². The van der Waals surface area contributed by atoms with E-state index in [0.717, 1.165) is 33.5 Å². The number of nitrogens with one attached hydrogen (secondary N) is 1. The summed E-state index contributed by atoms with van der Waals surface area (Å²) >= 11 is 0. The molecule has 2 aromatic heterocycles. The second kappa shape index (κ2) is 10.9. The minimum absolute atomic E-state index is 0.00262. The van der Waals surface area contributed by atoms with Gasteiger partial charge in [0.15, 0.2) is 23.1 Å². The van der Waals surface area contributed by atoms with Gasteiger partial charge in [-0.15, -0.1) is 0 Å². The molecule has 0 atom stereocenters. The molecule has 0 saturated carbocycles. The molecule has 43 heavy (non-hydrogen) atoms. The molecule has 1 amide bonds. The largest absolute Gasteiger partial charge is 0.493 e. The highest BCUT2D eigenvalue weighted by Crippen LogP contribution is 2.47. The Bertz CT molecular complexity index is 2030. The van der Waals surface area contributed by atoms with Crippen molar-refractivity contribution in [1.29, 1.82) is 0 Å². The van der Waals surface area contributed by atoms with Crippen molar-refractivity contribution in [2.24, 2.45) is 7.05 Å². The van der Waals surface area contributed by atoms with Crippen LogP contribution in [0.4, 0.5) is 14.5 Å². The maximum atomic E-state index is 15.2. The number of hydrogen-bond acceptors (Lipinski definition) is 9. The van der Waals surface area contributed by atoms with Crippen LogP contribution >= 0.6 is 0 Å². The van der Waals surface area contributed by atoms with Crippen LogP contribution in [0.15, 0.2) is 70.6 Å². The Morgan fingerprint density at radius 3 is 2.44 bits per heavy atom. The molecule has 12 nitrogen and oxygen atoms in total. The number of aromatic nitrogens is 4. The van der Waals surface area contributed by atoms with Crippen LogP contribution in [0.3, 0.4) is 0 Å². The van der Waals surface area contributed by atoms with Crippen molar-refractivity contribution in [1.82, 2.24) is 19.1 Å². The highest BCUT2D eigenvalue weighted by molar-refractivity contribution is 6.04. The van der Waals surface area contributed by atoms with E-state index in [1.165, 1.54) is 44.8 Å². The first-order valence-corrected chi connectivity index (χ1v) is 12.7. The molecular weight excluding hydrogens is 568 g/mol. The summed E-state index contributed by atoms with van der Waals surface area (Å²) < 4.78 is 53.0. The van der Waals surface area contributed by atoms with Crippen LogP contribution in [-0.4, -0.2) is 45.3 Å². The number of nitrogens with zero attached hydrogens (tertiary/aromatic N) is 4. The van der Waals surface area contributed by atoms with Crippen LogP contribution in [0, 0.1) is 11.6 Å². The van der Waals surface area contributed by atoms with E-state index < -0.39 is 34.4 Å². The van der Waals surface area contributed by atoms with E-state index >= 15 is 4.39 Å². The highest BCUT2D eigenvalue weighted by Gasteiger charge is 2.25. The normalized spacial score (nSPS) is 12.2. The number of carbonyl (C=O) groups is 1. The van der Waals surface area contributed by atoms with E-state index in [1.807, 2.05) is 0 Å². The highest BCUT2D eigenvalue weighted by atomic mass is 19.1. The van der Waals surface area contributed by atoms with Gasteiger partial charge in [0.05, 0.1) is 18.3 Å². The number of amides is 1. The van der Waals surface area contributed by atoms with Gasteiger partial charge in [-0.05, 0) is 36.4 Å². The van der Waals surface area contributed by atoms with Gasteiger partial charge >= 0.3 is 5.69 Å². The number of methoxy groups -OCH3 is 1. The molecule has 3 heterocycles. The molecule has 3 aromatic carbocycles. The first-order chi connectivity index (χ1) is 20.7. The lowest BCUT2D eigenvalue weighted by Gasteiger charge is -2.22. The van der Waals surface area contributed by atoms with Crippen molar-refractivity contribution in [2.75, 3.05) is 25.6 Å². The molecule has 0 radical (unpaired) electrons. The summed E-state index contributed by atoms with van der Waals surface area (Å²) in [5, 5.41) is 2.80. The summed E-state index contributed by atoms with van der Waals surface area (Å²) in [6.45, 7) is 0.566. The fourth-order valence-corrected chi connectivity index (χ4v) is 4.52. The summed E-state index contributed by atoms with van der Waals surface area (Å²) in [6, 6.07) is 9.88. The van der Waals surface area contributed by atoms with Crippen molar-refractivity contribution in [2.45, 2.75) is 0 Å². The minimum atomic E-state index is -0.936. The first-order valence-electron chi connectivity index (χ1n) is 12.7. The third-order valence-electron chi connectivity index (χ3n) is 6.54. The number of ether oxygens (including phenoxy) is 4. The Hall–Kier alpha value is -5.79. The van der Waals surface area contributed by atoms with Crippen LogP contribution in [0.25, 0.3) is 16.6 Å². The molecule has 6 rings (SSSR count). The smallest absolute Gasteiger partial charge is 0.335 e. The van der Waals surface area contributed by atoms with Gasteiger partial charge in [-0.1, -0.05) is 0 Å². The van der Waals surface area contributed by atoms with Crippen molar-refractivity contribution >= 4 is 22.5 Å². The zero-order chi connectivity index (χ0) is 30.2. The predicted octanol–water partition coefficient (Wildman–Crippen LogP) is 3.58. The average molecular weight is 590 g/mol. The molecule has 14 heteroatoms. The summed E-state index contributed by atoms with van der Waals surface area (Å²) in [4.78, 5) is 47.2. The molecule has 1 aliphatic heterocycles. The molecular formula is C29H21F2N5O7. The first kappa shape index (κ1) is 27.4. The van der Waals surface area contributed by atoms with Gasteiger partial charge in [-0.2, -0.15) is 0 Å². The second-order valence-electron chi connectivity index (χ2n) is 9.26. The van der Waals surface area contributed by atoms with Crippen molar-refractivity contribution in [3.05, 3.63) is 99.1 Å². The predicted molar refractivity (Wildman–Crippen MR) is 149 cm³/mol. The van der Waals surface area contributed by atoms with E-state index in [0.29, 0.717) is 34.8 Å². The van der Waals surface area contributed by atoms with Crippen LogP contribution < -0.4 is 35.5 Å². The third-order valence-corrected chi connectivity index (χ3v) is 6.54. The van der Waals surface area contributed by atoms with Crippen molar-refractivity contribution < 1.29 is 32.5 Å². The van der Waals surface area contributed by atoms with Gasteiger partial charge in [0.25, 0.3) is 11.5 Å². The fraction of sp³-hybridized carbons (Fsp3) is 0.138. The molecule has 0 fully saturated rings.